The first-order chi connectivity index (χ1) is 11.1. The molecule has 0 aromatic carbocycles. The second kappa shape index (κ2) is 8.76. The smallest absolute Gasteiger partial charge is 0.201 e. The zero-order valence-electron chi connectivity index (χ0n) is 15.9. The number of hydrogen-bond acceptors (Lipinski definition) is 5. The topological polar surface area (TPSA) is 96.0 Å². The van der Waals surface area contributed by atoms with Gasteiger partial charge in [0, 0.05) is 6.42 Å². The quantitative estimate of drug-likeness (QED) is 0.331. The normalized spacial score (nSPS) is 22.1. The molecule has 1 rings (SSSR count). The van der Waals surface area contributed by atoms with Crippen molar-refractivity contribution in [3.8, 4) is 0 Å². The molecule has 0 amide bonds. The van der Waals surface area contributed by atoms with E-state index in [-0.39, 0.29) is 12.7 Å². The lowest BCUT2D eigenvalue weighted by molar-refractivity contribution is -0.451. The summed E-state index contributed by atoms with van der Waals surface area (Å²) in [5, 5.41) is 41.2. The SMILES string of the molecule is CC(C)[Si](O[C@H]1CC[N+]([O-])=C1[C@@H](CO)[C@@H](O)CO)(C(C)C)C(C)C. The summed E-state index contributed by atoms with van der Waals surface area (Å²) < 4.78 is 7.54. The molecule has 24 heavy (non-hydrogen) atoms. The van der Waals surface area contributed by atoms with Crippen molar-refractivity contribution in [2.45, 2.75) is 76.8 Å². The van der Waals surface area contributed by atoms with Crippen LogP contribution in [0.5, 0.6) is 0 Å². The van der Waals surface area contributed by atoms with E-state index in [0.717, 1.165) is 4.74 Å². The summed E-state index contributed by atoms with van der Waals surface area (Å²) in [5.41, 5.74) is 1.54. The highest BCUT2D eigenvalue weighted by molar-refractivity contribution is 6.77. The van der Waals surface area contributed by atoms with Gasteiger partial charge < -0.3 is 25.0 Å². The van der Waals surface area contributed by atoms with Crippen LogP contribution < -0.4 is 0 Å². The number of nitrogens with zero attached hydrogens (tertiary/aromatic N) is 1. The van der Waals surface area contributed by atoms with Crippen molar-refractivity contribution < 1.29 is 24.5 Å². The van der Waals surface area contributed by atoms with Crippen molar-refractivity contribution in [2.24, 2.45) is 5.92 Å². The van der Waals surface area contributed by atoms with Gasteiger partial charge in [0.25, 0.3) is 0 Å². The monoisotopic (exact) mass is 361 g/mol. The van der Waals surface area contributed by atoms with Crippen molar-refractivity contribution in [2.75, 3.05) is 19.8 Å². The van der Waals surface area contributed by atoms with Gasteiger partial charge in [0.05, 0.1) is 25.2 Å². The molecule has 0 aliphatic carbocycles. The summed E-state index contributed by atoms with van der Waals surface area (Å²) in [6.45, 7) is 12.5. The van der Waals surface area contributed by atoms with Gasteiger partial charge in [-0.25, -0.2) is 4.74 Å². The predicted molar refractivity (Wildman–Crippen MR) is 97.7 cm³/mol. The molecule has 0 bridgehead atoms. The molecule has 0 saturated carbocycles. The largest absolute Gasteiger partial charge is 0.624 e. The second-order valence-corrected chi connectivity index (χ2v) is 13.2. The molecule has 0 saturated heterocycles. The highest BCUT2D eigenvalue weighted by Crippen LogP contribution is 2.44. The second-order valence-electron chi connectivity index (χ2n) is 7.78. The van der Waals surface area contributed by atoms with E-state index in [4.69, 9.17) is 4.43 Å². The van der Waals surface area contributed by atoms with Gasteiger partial charge in [0.15, 0.2) is 12.3 Å². The molecule has 142 valence electrons. The van der Waals surface area contributed by atoms with Crippen LogP contribution in [0.25, 0.3) is 0 Å². The van der Waals surface area contributed by atoms with E-state index in [2.05, 4.69) is 41.5 Å². The van der Waals surface area contributed by atoms with Crippen LogP contribution in [0.2, 0.25) is 16.6 Å². The van der Waals surface area contributed by atoms with Gasteiger partial charge in [-0.3, -0.25) is 0 Å². The van der Waals surface area contributed by atoms with E-state index in [1.807, 2.05) is 0 Å². The number of hydroxylamine groups is 1. The highest BCUT2D eigenvalue weighted by atomic mass is 28.4. The van der Waals surface area contributed by atoms with Gasteiger partial charge in [-0.1, -0.05) is 41.5 Å². The number of aliphatic hydroxyl groups excluding tert-OH is 3. The lowest BCUT2D eigenvalue weighted by Gasteiger charge is -2.44. The Labute approximate surface area is 146 Å². The van der Waals surface area contributed by atoms with Crippen molar-refractivity contribution in [1.82, 2.24) is 0 Å². The summed E-state index contributed by atoms with van der Waals surface area (Å²) in [4.78, 5) is 0. The van der Waals surface area contributed by atoms with Crippen LogP contribution in [-0.4, -0.2) is 66.1 Å². The first-order valence-corrected chi connectivity index (χ1v) is 11.2. The maximum absolute atomic E-state index is 12.3. The van der Waals surface area contributed by atoms with E-state index < -0.39 is 26.9 Å². The third-order valence-electron chi connectivity index (χ3n) is 5.49. The van der Waals surface area contributed by atoms with E-state index in [1.54, 1.807) is 0 Å². The third-order valence-corrected chi connectivity index (χ3v) is 11.6. The molecule has 1 aliphatic rings. The van der Waals surface area contributed by atoms with Crippen molar-refractivity contribution >= 4 is 14.0 Å². The molecule has 7 heteroatoms. The average Bonchev–Trinajstić information content (AvgIpc) is 2.85. The fraction of sp³-hybridized carbons (Fsp3) is 0.941. The molecule has 0 radical (unpaired) electrons. The minimum Gasteiger partial charge on any atom is -0.624 e. The molecule has 0 aromatic heterocycles. The van der Waals surface area contributed by atoms with Gasteiger partial charge >= 0.3 is 0 Å². The zero-order chi connectivity index (χ0) is 18.7. The lowest BCUT2D eigenvalue weighted by atomic mass is 9.94. The minimum atomic E-state index is -2.18. The Morgan fingerprint density at radius 1 is 1.08 bits per heavy atom. The maximum atomic E-state index is 12.3. The van der Waals surface area contributed by atoms with Crippen molar-refractivity contribution in [3.63, 3.8) is 0 Å². The van der Waals surface area contributed by atoms with Crippen LogP contribution in [0.4, 0.5) is 0 Å². The fourth-order valence-corrected chi connectivity index (χ4v) is 9.96. The van der Waals surface area contributed by atoms with Gasteiger partial charge in [0.1, 0.15) is 6.10 Å². The van der Waals surface area contributed by atoms with E-state index in [9.17, 15) is 20.5 Å². The van der Waals surface area contributed by atoms with Gasteiger partial charge in [-0.2, -0.15) is 0 Å². The Hall–Kier alpha value is -0.473. The fourth-order valence-electron chi connectivity index (χ4n) is 4.41. The van der Waals surface area contributed by atoms with E-state index in [1.165, 1.54) is 0 Å². The highest BCUT2D eigenvalue weighted by Gasteiger charge is 2.50. The Morgan fingerprint density at radius 2 is 1.58 bits per heavy atom. The van der Waals surface area contributed by atoms with Crippen LogP contribution in [0, 0.1) is 11.1 Å². The van der Waals surface area contributed by atoms with Crippen LogP contribution >= 0.6 is 0 Å². The lowest BCUT2D eigenvalue weighted by Crippen LogP contribution is -2.53. The molecule has 1 aliphatic heterocycles. The molecule has 0 unspecified atom stereocenters. The van der Waals surface area contributed by atoms with E-state index >= 15 is 0 Å². The Balaban J connectivity index is 3.20. The van der Waals surface area contributed by atoms with Crippen molar-refractivity contribution in [1.29, 1.82) is 0 Å². The van der Waals surface area contributed by atoms with Crippen LogP contribution in [0.3, 0.4) is 0 Å². The summed E-state index contributed by atoms with van der Waals surface area (Å²) in [6.07, 6.45) is -0.979. The van der Waals surface area contributed by atoms with Crippen LogP contribution in [0.15, 0.2) is 0 Å². The zero-order valence-corrected chi connectivity index (χ0v) is 16.9. The molecule has 6 nitrogen and oxygen atoms in total. The van der Waals surface area contributed by atoms with Gasteiger partial charge in [-0.05, 0) is 16.6 Å². The Morgan fingerprint density at radius 3 is 1.96 bits per heavy atom. The molecule has 3 N–H and O–H groups in total. The van der Waals surface area contributed by atoms with Gasteiger partial charge in [0.2, 0.25) is 8.32 Å². The summed E-state index contributed by atoms with van der Waals surface area (Å²) >= 11 is 0. The third kappa shape index (κ3) is 4.02. The number of rotatable bonds is 9. The molecule has 0 spiro atoms. The first kappa shape index (κ1) is 21.6. The molecule has 0 aromatic rings. The average molecular weight is 362 g/mol. The maximum Gasteiger partial charge on any atom is 0.201 e. The molecule has 3 atom stereocenters. The minimum absolute atomic E-state index is 0.299. The first-order valence-electron chi connectivity index (χ1n) is 9.02. The summed E-state index contributed by atoms with van der Waals surface area (Å²) in [7, 11) is -2.18. The molecule has 1 heterocycles. The molecular formula is C17H35NO5Si. The summed E-state index contributed by atoms with van der Waals surface area (Å²) in [5.74, 6) is -0.779. The predicted octanol–water partition coefficient (Wildman–Crippen LogP) is 1.86. The Bertz CT molecular complexity index is 417. The van der Waals surface area contributed by atoms with Crippen molar-refractivity contribution in [3.05, 3.63) is 5.21 Å². The standard InChI is InChI=1S/C17H35NO5Si/c1-11(2)24(12(3)4,13(5)6)23-16-7-8-18(22)17(16)14(9-19)15(21)10-20/h11-16,19-21H,7-10H2,1-6H3/t14-,15-,16-/m0/s1. The van der Waals surface area contributed by atoms with Crippen LogP contribution in [0.1, 0.15) is 48.0 Å². The molecular weight excluding hydrogens is 326 g/mol. The van der Waals surface area contributed by atoms with Gasteiger partial charge in [-0.15, -0.1) is 0 Å². The van der Waals surface area contributed by atoms with Crippen LogP contribution in [-0.2, 0) is 4.43 Å². The molecule has 0 fully saturated rings. The number of hydrogen-bond donors (Lipinski definition) is 3. The van der Waals surface area contributed by atoms with E-state index in [0.29, 0.717) is 35.3 Å². The summed E-state index contributed by atoms with van der Waals surface area (Å²) in [6, 6.07) is 0. The Kier molecular flexibility index (Phi) is 7.87. The number of aliphatic hydroxyl groups is 3.